The second kappa shape index (κ2) is 5.49. The molecule has 0 unspecified atom stereocenters. The summed E-state index contributed by atoms with van der Waals surface area (Å²) in [5, 5.41) is 6.46. The van der Waals surface area contributed by atoms with Crippen molar-refractivity contribution in [3.63, 3.8) is 0 Å². The Labute approximate surface area is 99.3 Å². The smallest absolute Gasteiger partial charge is 0.119 e. The van der Waals surface area contributed by atoms with Crippen molar-refractivity contribution < 1.29 is 0 Å². The molecule has 0 amide bonds. The molecule has 0 fully saturated rings. The molecule has 0 aliphatic rings. The summed E-state index contributed by atoms with van der Waals surface area (Å²) in [7, 11) is 0. The Morgan fingerprint density at radius 2 is 1.44 bits per heavy atom. The molecule has 0 aliphatic carbocycles. The molecule has 0 atom stereocenters. The minimum Gasteiger partial charge on any atom is -0.272 e. The Kier molecular flexibility index (Phi) is 3.75. The van der Waals surface area contributed by atoms with Crippen LogP contribution in [0.15, 0.2) is 65.7 Å². The zero-order valence-electron chi connectivity index (χ0n) is 8.71. The molecule has 0 radical (unpaired) electrons. The lowest BCUT2D eigenvalue weighted by Gasteiger charge is -2.02. The normalized spacial score (nSPS) is 11.4. The molecule has 2 N–H and O–H groups in total. The van der Waals surface area contributed by atoms with Gasteiger partial charge in [-0.3, -0.25) is 5.14 Å². The molecular formula is C13H12N2S. The zero-order valence-corrected chi connectivity index (χ0v) is 9.52. The van der Waals surface area contributed by atoms with Gasteiger partial charge in [-0.2, -0.15) is 0 Å². The van der Waals surface area contributed by atoms with Crippen LogP contribution >= 0.6 is 11.9 Å². The third kappa shape index (κ3) is 2.72. The lowest BCUT2D eigenvalue weighted by Crippen LogP contribution is -1.98. The van der Waals surface area contributed by atoms with Gasteiger partial charge in [0.05, 0.1) is 5.69 Å². The molecule has 0 heterocycles. The Morgan fingerprint density at radius 3 is 2.00 bits per heavy atom. The van der Waals surface area contributed by atoms with Crippen LogP contribution in [0.4, 0.5) is 5.69 Å². The Morgan fingerprint density at radius 1 is 0.875 bits per heavy atom. The molecule has 2 nitrogen and oxygen atoms in total. The lowest BCUT2D eigenvalue weighted by molar-refractivity contribution is 1.52. The highest BCUT2D eigenvalue weighted by atomic mass is 32.2. The average molecular weight is 228 g/mol. The number of benzene rings is 2. The van der Waals surface area contributed by atoms with E-state index in [0.29, 0.717) is 0 Å². The fraction of sp³-hybridized carbons (Fsp3) is 0. The third-order valence-corrected chi connectivity index (χ3v) is 2.67. The molecule has 0 aliphatic heterocycles. The number of hydrogen-bond acceptors (Lipinski definition) is 3. The highest BCUT2D eigenvalue weighted by Crippen LogP contribution is 2.16. The molecule has 3 heteroatoms. The minimum absolute atomic E-state index is 0.826. The van der Waals surface area contributed by atoms with Crippen molar-refractivity contribution in [2.24, 2.45) is 10.1 Å². The maximum Gasteiger partial charge on any atom is 0.119 e. The molecule has 16 heavy (non-hydrogen) atoms. The van der Waals surface area contributed by atoms with E-state index in [1.807, 2.05) is 60.7 Å². The van der Waals surface area contributed by atoms with Crippen LogP contribution < -0.4 is 5.14 Å². The highest BCUT2D eigenvalue weighted by Gasteiger charge is 2.01. The van der Waals surface area contributed by atoms with Crippen LogP contribution in [0.25, 0.3) is 0 Å². The van der Waals surface area contributed by atoms with Crippen molar-refractivity contribution in [3.8, 4) is 0 Å². The summed E-state index contributed by atoms with van der Waals surface area (Å²) in [5.41, 5.74) is 1.96. The summed E-state index contributed by atoms with van der Waals surface area (Å²) in [6.45, 7) is 0. The summed E-state index contributed by atoms with van der Waals surface area (Å²) in [6.07, 6.45) is 0. The van der Waals surface area contributed by atoms with Crippen LogP contribution in [-0.2, 0) is 0 Å². The predicted molar refractivity (Wildman–Crippen MR) is 70.9 cm³/mol. The van der Waals surface area contributed by atoms with Gasteiger partial charge in [0.25, 0.3) is 0 Å². The molecule has 0 bridgehead atoms. The standard InChI is InChI=1S/C13H12N2S/c14-16-13(11-7-3-1-4-8-11)15-12-9-5-2-6-10-12/h1-10H,14H2. The fourth-order valence-corrected chi connectivity index (χ4v) is 1.79. The Hall–Kier alpha value is -1.58. The lowest BCUT2D eigenvalue weighted by atomic mass is 10.2. The maximum atomic E-state index is 5.64. The maximum absolute atomic E-state index is 5.64. The summed E-state index contributed by atoms with van der Waals surface area (Å²) < 4.78 is 0. The molecule has 0 aromatic heterocycles. The first-order chi connectivity index (χ1) is 7.90. The predicted octanol–water partition coefficient (Wildman–Crippen LogP) is 3.37. The molecule has 80 valence electrons. The Bertz CT molecular complexity index is 466. The first kappa shape index (κ1) is 10.9. The first-order valence-electron chi connectivity index (χ1n) is 4.96. The number of nitrogens with zero attached hydrogens (tertiary/aromatic N) is 1. The van der Waals surface area contributed by atoms with Gasteiger partial charge in [0.2, 0.25) is 0 Å². The van der Waals surface area contributed by atoms with Crippen molar-refractivity contribution >= 4 is 22.7 Å². The monoisotopic (exact) mass is 228 g/mol. The average Bonchev–Trinajstić information content (AvgIpc) is 2.38. The molecular weight excluding hydrogens is 216 g/mol. The number of aliphatic imine (C=N–C) groups is 1. The fourth-order valence-electron chi connectivity index (χ4n) is 1.36. The van der Waals surface area contributed by atoms with E-state index in [-0.39, 0.29) is 0 Å². The molecule has 0 saturated heterocycles. The largest absolute Gasteiger partial charge is 0.272 e. The second-order valence-electron chi connectivity index (χ2n) is 3.24. The van der Waals surface area contributed by atoms with Crippen LogP contribution in [0.5, 0.6) is 0 Å². The van der Waals surface area contributed by atoms with E-state index in [2.05, 4.69) is 4.99 Å². The van der Waals surface area contributed by atoms with Gasteiger partial charge >= 0.3 is 0 Å². The van der Waals surface area contributed by atoms with E-state index in [4.69, 9.17) is 5.14 Å². The van der Waals surface area contributed by atoms with Gasteiger partial charge in [-0.1, -0.05) is 48.5 Å². The van der Waals surface area contributed by atoms with Gasteiger partial charge in [0.1, 0.15) is 5.04 Å². The van der Waals surface area contributed by atoms with Crippen molar-refractivity contribution in [2.45, 2.75) is 0 Å². The van der Waals surface area contributed by atoms with E-state index in [1.54, 1.807) is 0 Å². The quantitative estimate of drug-likeness (QED) is 0.486. The summed E-state index contributed by atoms with van der Waals surface area (Å²) in [4.78, 5) is 4.50. The minimum atomic E-state index is 0.826. The van der Waals surface area contributed by atoms with E-state index in [0.717, 1.165) is 16.3 Å². The van der Waals surface area contributed by atoms with E-state index in [9.17, 15) is 0 Å². The van der Waals surface area contributed by atoms with Crippen LogP contribution in [0.3, 0.4) is 0 Å². The van der Waals surface area contributed by atoms with Gasteiger partial charge in [-0.05, 0) is 24.1 Å². The molecule has 2 aromatic carbocycles. The van der Waals surface area contributed by atoms with Crippen molar-refractivity contribution in [1.82, 2.24) is 0 Å². The van der Waals surface area contributed by atoms with E-state index >= 15 is 0 Å². The molecule has 2 aromatic rings. The molecule has 0 saturated carbocycles. The number of nitrogens with two attached hydrogens (primary N) is 1. The summed E-state index contributed by atoms with van der Waals surface area (Å²) >= 11 is 1.17. The highest BCUT2D eigenvalue weighted by molar-refractivity contribution is 8.12. The van der Waals surface area contributed by atoms with Crippen molar-refractivity contribution in [1.29, 1.82) is 0 Å². The van der Waals surface area contributed by atoms with Crippen LogP contribution in [0.2, 0.25) is 0 Å². The first-order valence-corrected chi connectivity index (χ1v) is 5.84. The van der Waals surface area contributed by atoms with Gasteiger partial charge in [-0.15, -0.1) is 0 Å². The van der Waals surface area contributed by atoms with Crippen LogP contribution in [0.1, 0.15) is 5.56 Å². The second-order valence-corrected chi connectivity index (χ2v) is 3.86. The van der Waals surface area contributed by atoms with Crippen molar-refractivity contribution in [2.75, 3.05) is 0 Å². The third-order valence-electron chi connectivity index (χ3n) is 2.12. The van der Waals surface area contributed by atoms with Gasteiger partial charge in [0.15, 0.2) is 0 Å². The number of rotatable bonds is 2. The van der Waals surface area contributed by atoms with E-state index in [1.165, 1.54) is 11.9 Å². The zero-order chi connectivity index (χ0) is 11.2. The SMILES string of the molecule is NSC(=Nc1ccccc1)c1ccccc1. The Balaban J connectivity index is 2.34. The molecule has 0 spiro atoms. The summed E-state index contributed by atoms with van der Waals surface area (Å²) in [5.74, 6) is 0. The van der Waals surface area contributed by atoms with E-state index < -0.39 is 0 Å². The van der Waals surface area contributed by atoms with Gasteiger partial charge in [-0.25, -0.2) is 4.99 Å². The van der Waals surface area contributed by atoms with Crippen LogP contribution in [-0.4, -0.2) is 5.04 Å². The topological polar surface area (TPSA) is 38.4 Å². The van der Waals surface area contributed by atoms with Crippen molar-refractivity contribution in [3.05, 3.63) is 66.2 Å². The number of hydrogen-bond donors (Lipinski definition) is 1. The van der Waals surface area contributed by atoms with Gasteiger partial charge in [0, 0.05) is 5.56 Å². The number of para-hydroxylation sites is 1. The van der Waals surface area contributed by atoms with Gasteiger partial charge < -0.3 is 0 Å². The van der Waals surface area contributed by atoms with Crippen LogP contribution in [0, 0.1) is 0 Å². The molecule has 2 rings (SSSR count). The summed E-state index contributed by atoms with van der Waals surface area (Å²) in [6, 6.07) is 19.7.